The molecule has 1 unspecified atom stereocenters. The van der Waals surface area contributed by atoms with Gasteiger partial charge in [0.25, 0.3) is 0 Å². The van der Waals surface area contributed by atoms with E-state index in [1.807, 2.05) is 11.3 Å². The predicted molar refractivity (Wildman–Crippen MR) is 119 cm³/mol. The van der Waals surface area contributed by atoms with E-state index in [-0.39, 0.29) is 0 Å². The van der Waals surface area contributed by atoms with Gasteiger partial charge in [0.2, 0.25) is 0 Å². The summed E-state index contributed by atoms with van der Waals surface area (Å²) in [5.41, 5.74) is 1.85. The summed E-state index contributed by atoms with van der Waals surface area (Å²) in [4.78, 5) is 23.2. The molecule has 1 aromatic heterocycles. The van der Waals surface area contributed by atoms with E-state index in [0.29, 0.717) is 5.41 Å². The Morgan fingerprint density at radius 2 is 1.61 bits per heavy atom. The molecule has 36 heavy (non-hydrogen) atoms. The van der Waals surface area contributed by atoms with Gasteiger partial charge in [-0.1, -0.05) is 0 Å². The van der Waals surface area contributed by atoms with Crippen molar-refractivity contribution in [2.24, 2.45) is 11.3 Å². The molecule has 1 aliphatic carbocycles. The number of thiophene rings is 1. The molecule has 0 amide bonds. The van der Waals surface area contributed by atoms with Crippen LogP contribution in [0.2, 0.25) is 0 Å². The van der Waals surface area contributed by atoms with Gasteiger partial charge in [0.05, 0.1) is 13.2 Å². The lowest BCUT2D eigenvalue weighted by molar-refractivity contribution is -0.193. The summed E-state index contributed by atoms with van der Waals surface area (Å²) in [5, 5.41) is 18.7. The van der Waals surface area contributed by atoms with Gasteiger partial charge >= 0.3 is 24.3 Å². The summed E-state index contributed by atoms with van der Waals surface area (Å²) >= 11 is 1.81. The molecule has 0 bridgehead atoms. The monoisotopic (exact) mass is 548 g/mol. The van der Waals surface area contributed by atoms with Gasteiger partial charge in [-0.25, -0.2) is 9.59 Å². The molecular weight excluding hydrogens is 518 g/mol. The largest absolute Gasteiger partial charge is 0.490 e. The lowest BCUT2D eigenvalue weighted by atomic mass is 9.80. The van der Waals surface area contributed by atoms with Crippen LogP contribution in [0.4, 0.5) is 26.3 Å². The SMILES string of the molecule is O=C(O)C(F)(F)F.O=C(O)C(F)(F)F.c1cc(CN2CCCC3(COCCN(CC4CC4)C3)C2)cs1. The minimum atomic E-state index is -5.08. The zero-order valence-corrected chi connectivity index (χ0v) is 20.3. The zero-order chi connectivity index (χ0) is 27.0. The van der Waals surface area contributed by atoms with Gasteiger partial charge in [0, 0.05) is 38.1 Å². The quantitative estimate of drug-likeness (QED) is 0.541. The number of carbonyl (C=O) groups is 2. The molecule has 1 atom stereocenters. The van der Waals surface area contributed by atoms with Crippen LogP contribution in [0.15, 0.2) is 16.8 Å². The predicted octanol–water partition coefficient (Wildman–Crippen LogP) is 4.34. The smallest absolute Gasteiger partial charge is 0.475 e. The first-order valence-corrected chi connectivity index (χ1v) is 12.3. The molecule has 7 nitrogen and oxygen atoms in total. The van der Waals surface area contributed by atoms with Gasteiger partial charge in [-0.2, -0.15) is 37.7 Å². The second-order valence-corrected chi connectivity index (χ2v) is 10.1. The first-order chi connectivity index (χ1) is 16.7. The molecule has 206 valence electrons. The highest BCUT2D eigenvalue weighted by Gasteiger charge is 2.40. The van der Waals surface area contributed by atoms with Crippen molar-refractivity contribution in [3.05, 3.63) is 22.4 Å². The van der Waals surface area contributed by atoms with Crippen LogP contribution >= 0.6 is 11.3 Å². The molecule has 2 saturated heterocycles. The van der Waals surface area contributed by atoms with Gasteiger partial charge in [0.1, 0.15) is 0 Å². The Balaban J connectivity index is 0.000000271. The van der Waals surface area contributed by atoms with Crippen LogP contribution in [0.25, 0.3) is 0 Å². The highest BCUT2D eigenvalue weighted by Crippen LogP contribution is 2.36. The Morgan fingerprint density at radius 1 is 1.03 bits per heavy atom. The van der Waals surface area contributed by atoms with Crippen LogP contribution in [0.3, 0.4) is 0 Å². The first kappa shape index (κ1) is 30.3. The van der Waals surface area contributed by atoms with Crippen molar-refractivity contribution in [3.8, 4) is 0 Å². The maximum Gasteiger partial charge on any atom is 0.490 e. The van der Waals surface area contributed by atoms with Crippen molar-refractivity contribution in [1.82, 2.24) is 9.80 Å². The number of likely N-dealkylation sites (tertiary alicyclic amines) is 1. The van der Waals surface area contributed by atoms with Crippen molar-refractivity contribution in [2.45, 2.75) is 44.6 Å². The number of carboxylic acid groups (broad SMARTS) is 2. The number of carboxylic acids is 2. The standard InChI is InChI=1S/C18H28N2OS.2C2HF3O2/c1-5-18(13-19(6-1)11-17-4-9-22-12-17)14-20(7-8-21-15-18)10-16-2-3-16;2*3-2(4,5)1(6)7/h4,9,12,16H,1-3,5-8,10-11,13-15H2;2*(H,6,7). The molecular formula is C22H30F6N2O5S. The van der Waals surface area contributed by atoms with Crippen LogP contribution < -0.4 is 0 Å². The fraction of sp³-hybridized carbons (Fsp3) is 0.727. The third kappa shape index (κ3) is 11.0. The van der Waals surface area contributed by atoms with Gasteiger partial charge < -0.3 is 19.8 Å². The van der Waals surface area contributed by atoms with Crippen LogP contribution in [0.1, 0.15) is 31.2 Å². The minimum absolute atomic E-state index is 0.375. The van der Waals surface area contributed by atoms with Crippen LogP contribution in [-0.4, -0.2) is 90.2 Å². The van der Waals surface area contributed by atoms with E-state index >= 15 is 0 Å². The van der Waals surface area contributed by atoms with Crippen LogP contribution in [0, 0.1) is 11.3 Å². The summed E-state index contributed by atoms with van der Waals surface area (Å²) in [6.07, 6.45) is -4.59. The number of halogens is 6. The van der Waals surface area contributed by atoms with Gasteiger partial charge in [-0.15, -0.1) is 0 Å². The van der Waals surface area contributed by atoms with Crippen molar-refractivity contribution >= 4 is 23.3 Å². The number of hydrogen-bond donors (Lipinski definition) is 2. The first-order valence-electron chi connectivity index (χ1n) is 11.3. The average Bonchev–Trinajstić information content (AvgIpc) is 3.47. The van der Waals surface area contributed by atoms with Crippen LogP contribution in [0.5, 0.6) is 0 Å². The average molecular weight is 549 g/mol. The molecule has 2 N–H and O–H groups in total. The van der Waals surface area contributed by atoms with Crippen molar-refractivity contribution in [3.63, 3.8) is 0 Å². The highest BCUT2D eigenvalue weighted by atomic mass is 32.1. The lowest BCUT2D eigenvalue weighted by Crippen LogP contribution is -2.50. The maximum atomic E-state index is 10.6. The van der Waals surface area contributed by atoms with E-state index in [4.69, 9.17) is 24.5 Å². The molecule has 1 aromatic rings. The Morgan fingerprint density at radius 3 is 2.11 bits per heavy atom. The molecule has 3 aliphatic rings. The summed E-state index contributed by atoms with van der Waals surface area (Å²) < 4.78 is 69.5. The summed E-state index contributed by atoms with van der Waals surface area (Å²) in [5.74, 6) is -4.53. The molecule has 1 spiro atoms. The molecule has 14 heteroatoms. The molecule has 0 aromatic carbocycles. The van der Waals surface area contributed by atoms with E-state index in [1.54, 1.807) is 0 Å². The Labute approximate surface area is 208 Å². The fourth-order valence-electron chi connectivity index (χ4n) is 4.24. The maximum absolute atomic E-state index is 10.6. The number of ether oxygens (including phenoxy) is 1. The Hall–Kier alpha value is -1.90. The second-order valence-electron chi connectivity index (χ2n) is 9.28. The second kappa shape index (κ2) is 13.1. The zero-order valence-electron chi connectivity index (χ0n) is 19.5. The van der Waals surface area contributed by atoms with Gasteiger partial charge in [0.15, 0.2) is 0 Å². The van der Waals surface area contributed by atoms with E-state index in [0.717, 1.165) is 32.2 Å². The third-order valence-corrected chi connectivity index (χ3v) is 6.68. The minimum Gasteiger partial charge on any atom is -0.475 e. The van der Waals surface area contributed by atoms with E-state index < -0.39 is 24.3 Å². The molecule has 2 aliphatic heterocycles. The summed E-state index contributed by atoms with van der Waals surface area (Å²) in [7, 11) is 0. The topological polar surface area (TPSA) is 90.3 Å². The molecule has 4 rings (SSSR count). The number of aliphatic carboxylic acids is 2. The highest BCUT2D eigenvalue weighted by molar-refractivity contribution is 7.07. The lowest BCUT2D eigenvalue weighted by Gasteiger charge is -2.43. The number of alkyl halides is 6. The van der Waals surface area contributed by atoms with E-state index in [2.05, 4.69) is 26.6 Å². The molecule has 1 saturated carbocycles. The van der Waals surface area contributed by atoms with Crippen LogP contribution in [-0.2, 0) is 20.9 Å². The van der Waals surface area contributed by atoms with Gasteiger partial charge in [-0.05, 0) is 60.5 Å². The Bertz CT molecular complexity index is 808. The van der Waals surface area contributed by atoms with E-state index in [9.17, 15) is 26.3 Å². The fourth-order valence-corrected chi connectivity index (χ4v) is 4.90. The number of hydrogen-bond acceptors (Lipinski definition) is 6. The van der Waals surface area contributed by atoms with Crippen molar-refractivity contribution in [2.75, 3.05) is 45.9 Å². The number of rotatable bonds is 4. The van der Waals surface area contributed by atoms with Gasteiger partial charge in [-0.3, -0.25) is 4.90 Å². The van der Waals surface area contributed by atoms with Crippen molar-refractivity contribution in [1.29, 1.82) is 0 Å². The van der Waals surface area contributed by atoms with Crippen molar-refractivity contribution < 1.29 is 50.9 Å². The number of nitrogens with zero attached hydrogens (tertiary/aromatic N) is 2. The normalized spacial score (nSPS) is 23.6. The molecule has 0 radical (unpaired) electrons. The summed E-state index contributed by atoms with van der Waals surface area (Å²) in [6, 6.07) is 2.27. The third-order valence-electron chi connectivity index (χ3n) is 5.94. The summed E-state index contributed by atoms with van der Waals surface area (Å²) in [6.45, 7) is 9.19. The Kier molecular flexibility index (Phi) is 11.0. The number of piperidine rings is 1. The molecule has 3 fully saturated rings. The molecule has 3 heterocycles. The van der Waals surface area contributed by atoms with E-state index in [1.165, 1.54) is 57.4 Å².